The lowest BCUT2D eigenvalue weighted by Gasteiger charge is -2.33. The van der Waals surface area contributed by atoms with Crippen LogP contribution in [0.4, 0.5) is 0 Å². The number of benzene rings is 8. The fourth-order valence-electron chi connectivity index (χ4n) is 8.70. The molecule has 2 aliphatic rings. The molecule has 53 heavy (non-hydrogen) atoms. The Hall–Kier alpha value is -6.98. The number of ether oxygens (including phenoxy) is 1. The van der Waals surface area contributed by atoms with Crippen LogP contribution in [0.1, 0.15) is 0 Å². The molecule has 0 amide bonds. The minimum Gasteiger partial charge on any atom is -0.551 e. The molecule has 0 N–H and O–H groups in total. The van der Waals surface area contributed by atoms with Crippen molar-refractivity contribution in [2.45, 2.75) is 0 Å². The van der Waals surface area contributed by atoms with Crippen LogP contribution in [-0.4, -0.2) is 11.5 Å². The Labute approximate surface area is 305 Å². The Morgan fingerprint density at radius 3 is 2.00 bits per heavy atom. The molecule has 0 spiro atoms. The highest BCUT2D eigenvalue weighted by atomic mass is 16.5. The maximum Gasteiger partial charge on any atom is 0.434 e. The highest BCUT2D eigenvalue weighted by Gasteiger charge is 2.41. The molecule has 10 aromatic rings. The van der Waals surface area contributed by atoms with E-state index in [2.05, 4.69) is 156 Å². The molecule has 4 heterocycles. The summed E-state index contributed by atoms with van der Waals surface area (Å²) in [6.07, 6.45) is 0. The monoisotopic (exact) mass is 677 g/mol. The number of furan rings is 1. The van der Waals surface area contributed by atoms with Crippen LogP contribution in [0.15, 0.2) is 174 Å². The number of para-hydroxylation sites is 5. The molecule has 0 bridgehead atoms. The molecular weight excluding hydrogens is 649 g/mol. The van der Waals surface area contributed by atoms with Gasteiger partial charge < -0.3 is 18.4 Å². The minimum atomic E-state index is -0.322. The lowest BCUT2D eigenvalue weighted by atomic mass is 9.50. The van der Waals surface area contributed by atoms with Crippen molar-refractivity contribution in [2.75, 3.05) is 0 Å². The van der Waals surface area contributed by atoms with Crippen molar-refractivity contribution in [3.05, 3.63) is 170 Å². The molecular formula is C48H28BNO3. The zero-order valence-corrected chi connectivity index (χ0v) is 28.4. The third-order valence-corrected chi connectivity index (χ3v) is 11.1. The first-order valence-electron chi connectivity index (χ1n) is 18.0. The van der Waals surface area contributed by atoms with Crippen molar-refractivity contribution in [2.24, 2.45) is 0 Å². The van der Waals surface area contributed by atoms with Crippen LogP contribution in [0.25, 0.3) is 82.8 Å². The van der Waals surface area contributed by atoms with E-state index in [1.54, 1.807) is 0 Å². The zero-order valence-electron chi connectivity index (χ0n) is 28.4. The molecule has 12 rings (SSSR count). The van der Waals surface area contributed by atoms with E-state index >= 15 is 0 Å². The van der Waals surface area contributed by atoms with Crippen LogP contribution >= 0.6 is 0 Å². The van der Waals surface area contributed by atoms with Crippen LogP contribution in [-0.2, 0) is 0 Å². The summed E-state index contributed by atoms with van der Waals surface area (Å²) in [6.45, 7) is -0.322. The highest BCUT2D eigenvalue weighted by Crippen LogP contribution is 2.43. The van der Waals surface area contributed by atoms with E-state index in [1.165, 1.54) is 21.8 Å². The van der Waals surface area contributed by atoms with Crippen LogP contribution in [0.5, 0.6) is 17.2 Å². The van der Waals surface area contributed by atoms with Crippen LogP contribution in [0, 0.1) is 0 Å². The van der Waals surface area contributed by atoms with Gasteiger partial charge in [0.25, 0.3) is 0 Å². The molecule has 246 valence electrons. The van der Waals surface area contributed by atoms with E-state index in [9.17, 15) is 0 Å². The standard InChI is InChI=1S/C48H28BNO3/c1-5-19-41-34(13-1)35-14-2-6-20-42(35)50(41)32-23-24-45-40(28-32)49-47-39(37-16-4-8-22-44(37)53-49)26-31(27-46(47)51-45)29-11-9-12-30(25-29)33-17-10-18-38-36-15-3-7-21-43(36)52-48(33)38/h1-28H. The third kappa shape index (κ3) is 4.13. The molecule has 0 aliphatic carbocycles. The van der Waals surface area contributed by atoms with E-state index in [1.807, 2.05) is 18.2 Å². The van der Waals surface area contributed by atoms with Crippen molar-refractivity contribution in [3.8, 4) is 56.3 Å². The number of rotatable bonds is 3. The molecule has 0 fully saturated rings. The summed E-state index contributed by atoms with van der Waals surface area (Å²) in [5, 5.41) is 4.72. The van der Waals surface area contributed by atoms with Gasteiger partial charge in [-0.3, -0.25) is 0 Å². The summed E-state index contributed by atoms with van der Waals surface area (Å²) in [6, 6.07) is 59.9. The second-order valence-electron chi connectivity index (χ2n) is 14.0. The maximum atomic E-state index is 6.90. The molecule has 0 unspecified atom stereocenters. The van der Waals surface area contributed by atoms with Crippen LogP contribution in [0.2, 0.25) is 0 Å². The van der Waals surface area contributed by atoms with Crippen molar-refractivity contribution < 1.29 is 13.8 Å². The minimum absolute atomic E-state index is 0.322. The first-order chi connectivity index (χ1) is 26.3. The Bertz CT molecular complexity index is 3100. The van der Waals surface area contributed by atoms with Crippen molar-refractivity contribution in [3.63, 3.8) is 0 Å². The van der Waals surface area contributed by atoms with Crippen LogP contribution in [0.3, 0.4) is 0 Å². The second kappa shape index (κ2) is 10.8. The average molecular weight is 678 g/mol. The van der Waals surface area contributed by atoms with Gasteiger partial charge in [0.05, 0.1) is 11.0 Å². The summed E-state index contributed by atoms with van der Waals surface area (Å²) in [5.74, 6) is 2.49. The molecule has 0 saturated carbocycles. The molecule has 0 radical (unpaired) electrons. The summed E-state index contributed by atoms with van der Waals surface area (Å²) in [4.78, 5) is 0. The van der Waals surface area contributed by atoms with Gasteiger partial charge >= 0.3 is 6.92 Å². The molecule has 2 aliphatic heterocycles. The van der Waals surface area contributed by atoms with Crippen LogP contribution < -0.4 is 20.3 Å². The summed E-state index contributed by atoms with van der Waals surface area (Å²) >= 11 is 0. The summed E-state index contributed by atoms with van der Waals surface area (Å²) in [5.41, 5.74) is 13.8. The Kier molecular flexibility index (Phi) is 5.83. The number of fused-ring (bicyclic) bond motifs is 10. The van der Waals surface area contributed by atoms with E-state index in [-0.39, 0.29) is 6.92 Å². The van der Waals surface area contributed by atoms with Gasteiger partial charge in [-0.1, -0.05) is 109 Å². The van der Waals surface area contributed by atoms with Gasteiger partial charge in [0, 0.05) is 49.3 Å². The van der Waals surface area contributed by atoms with E-state index in [0.717, 1.165) is 89.2 Å². The third-order valence-electron chi connectivity index (χ3n) is 11.1. The average Bonchev–Trinajstić information content (AvgIpc) is 3.77. The van der Waals surface area contributed by atoms with E-state index < -0.39 is 0 Å². The topological polar surface area (TPSA) is 36.5 Å². The Morgan fingerprint density at radius 1 is 0.434 bits per heavy atom. The summed E-state index contributed by atoms with van der Waals surface area (Å²) in [7, 11) is 0. The number of hydrogen-bond acceptors (Lipinski definition) is 3. The normalized spacial score (nSPS) is 12.8. The van der Waals surface area contributed by atoms with Gasteiger partial charge in [-0.25, -0.2) is 0 Å². The van der Waals surface area contributed by atoms with Gasteiger partial charge in [0.1, 0.15) is 28.4 Å². The number of hydrogen-bond donors (Lipinski definition) is 0. The van der Waals surface area contributed by atoms with Gasteiger partial charge in [0.15, 0.2) is 0 Å². The molecule has 4 nitrogen and oxygen atoms in total. The maximum absolute atomic E-state index is 6.90. The Morgan fingerprint density at radius 2 is 1.13 bits per heavy atom. The molecule has 8 aromatic carbocycles. The SMILES string of the molecule is c1cc(-c2cc3c4c(c2)-c2ccccc2OB4c2cc(-n4c5ccccc5c5ccccc54)ccc2O3)cc(-c2cccc3c2oc2ccccc23)c1. The quantitative estimate of drug-likeness (QED) is 0.175. The largest absolute Gasteiger partial charge is 0.551 e. The second-order valence-corrected chi connectivity index (χ2v) is 14.0. The molecule has 2 aromatic heterocycles. The fourth-order valence-corrected chi connectivity index (χ4v) is 8.70. The zero-order chi connectivity index (χ0) is 34.6. The summed E-state index contributed by atoms with van der Waals surface area (Å²) < 4.78 is 22.5. The number of nitrogens with zero attached hydrogens (tertiary/aromatic N) is 1. The molecule has 0 atom stereocenters. The fraction of sp³-hybridized carbons (Fsp3) is 0. The predicted octanol–water partition coefficient (Wildman–Crippen LogP) is 11.3. The van der Waals surface area contributed by atoms with E-state index in [0.29, 0.717) is 0 Å². The smallest absolute Gasteiger partial charge is 0.434 e. The molecule has 5 heteroatoms. The van der Waals surface area contributed by atoms with Gasteiger partial charge in [-0.2, -0.15) is 0 Å². The van der Waals surface area contributed by atoms with Gasteiger partial charge in [-0.15, -0.1) is 0 Å². The first-order valence-corrected chi connectivity index (χ1v) is 18.0. The van der Waals surface area contributed by atoms with Gasteiger partial charge in [-0.05, 0) is 82.9 Å². The molecule has 0 saturated heterocycles. The van der Waals surface area contributed by atoms with Crippen molar-refractivity contribution >= 4 is 61.6 Å². The first kappa shape index (κ1) is 28.7. The lowest BCUT2D eigenvalue weighted by molar-refractivity contribution is 0.479. The van der Waals surface area contributed by atoms with Crippen molar-refractivity contribution in [1.82, 2.24) is 4.57 Å². The van der Waals surface area contributed by atoms with E-state index in [4.69, 9.17) is 13.8 Å². The number of aromatic nitrogens is 1. The Balaban J connectivity index is 1.01. The highest BCUT2D eigenvalue weighted by molar-refractivity contribution is 6.84. The lowest BCUT2D eigenvalue weighted by Crippen LogP contribution is -2.53. The van der Waals surface area contributed by atoms with Gasteiger partial charge in [0.2, 0.25) is 0 Å². The van der Waals surface area contributed by atoms with Crippen molar-refractivity contribution in [1.29, 1.82) is 0 Å². The predicted molar refractivity (Wildman–Crippen MR) is 217 cm³/mol.